The lowest BCUT2D eigenvalue weighted by Gasteiger charge is -2.19. The van der Waals surface area contributed by atoms with E-state index in [-0.39, 0.29) is 18.3 Å². The van der Waals surface area contributed by atoms with Crippen LogP contribution in [0.4, 0.5) is 26.3 Å². The zero-order chi connectivity index (χ0) is 20.8. The molecule has 1 aromatic carbocycles. The molecule has 1 aliphatic heterocycles. The number of guanidine groups is 1. The Hall–Kier alpha value is -2.17. The Labute approximate surface area is 158 Å². The summed E-state index contributed by atoms with van der Waals surface area (Å²) in [6.45, 7) is 0.171. The third-order valence-electron chi connectivity index (χ3n) is 4.10. The fourth-order valence-electron chi connectivity index (χ4n) is 2.92. The zero-order valence-electron chi connectivity index (χ0n) is 15.2. The van der Waals surface area contributed by atoms with Crippen molar-refractivity contribution < 1.29 is 31.1 Å². The highest BCUT2D eigenvalue weighted by Gasteiger charge is 2.34. The van der Waals surface area contributed by atoms with Gasteiger partial charge in [0, 0.05) is 32.7 Å². The molecular weight excluding hydrogens is 390 g/mol. The second kappa shape index (κ2) is 9.35. The molecular formula is C17H22F6N4O. The Morgan fingerprint density at radius 3 is 2.43 bits per heavy atom. The Morgan fingerprint density at radius 2 is 1.86 bits per heavy atom. The molecule has 0 radical (unpaired) electrons. The SMILES string of the molecule is CN=C(NCCc1ccc(OC(F)(F)F)cc1)NC1CCN(CC(F)(F)F)C1. The molecule has 0 bridgehead atoms. The molecule has 2 rings (SSSR count). The molecule has 1 atom stereocenters. The Morgan fingerprint density at radius 1 is 1.18 bits per heavy atom. The fourth-order valence-corrected chi connectivity index (χ4v) is 2.92. The molecule has 1 fully saturated rings. The summed E-state index contributed by atoms with van der Waals surface area (Å²) in [7, 11) is 1.56. The number of nitrogens with zero attached hydrogens (tertiary/aromatic N) is 2. The van der Waals surface area contributed by atoms with Crippen LogP contribution >= 0.6 is 0 Å². The molecule has 1 aliphatic rings. The molecule has 28 heavy (non-hydrogen) atoms. The summed E-state index contributed by atoms with van der Waals surface area (Å²) in [6, 6.07) is 5.41. The summed E-state index contributed by atoms with van der Waals surface area (Å²) in [5.41, 5.74) is 0.801. The van der Waals surface area contributed by atoms with Crippen molar-refractivity contribution in [2.75, 3.05) is 33.2 Å². The highest BCUT2D eigenvalue weighted by atomic mass is 19.4. The van der Waals surface area contributed by atoms with Gasteiger partial charge in [-0.25, -0.2) is 0 Å². The van der Waals surface area contributed by atoms with Crippen LogP contribution < -0.4 is 15.4 Å². The van der Waals surface area contributed by atoms with E-state index in [1.165, 1.54) is 29.2 Å². The Bertz CT molecular complexity index is 645. The Balaban J connectivity index is 1.73. The third-order valence-corrected chi connectivity index (χ3v) is 4.10. The highest BCUT2D eigenvalue weighted by molar-refractivity contribution is 5.80. The minimum Gasteiger partial charge on any atom is -0.406 e. The molecule has 0 aliphatic carbocycles. The molecule has 1 aromatic rings. The predicted molar refractivity (Wildman–Crippen MR) is 92.2 cm³/mol. The van der Waals surface area contributed by atoms with E-state index in [0.717, 1.165) is 5.56 Å². The number of halogens is 6. The molecule has 0 saturated carbocycles. The molecule has 1 unspecified atom stereocenters. The maximum Gasteiger partial charge on any atom is 0.573 e. The van der Waals surface area contributed by atoms with E-state index in [4.69, 9.17) is 0 Å². The quantitative estimate of drug-likeness (QED) is 0.429. The lowest BCUT2D eigenvalue weighted by molar-refractivity contribution is -0.274. The third kappa shape index (κ3) is 8.24. The van der Waals surface area contributed by atoms with Crippen LogP contribution in [0.15, 0.2) is 29.3 Å². The maximum atomic E-state index is 12.4. The van der Waals surface area contributed by atoms with Crippen LogP contribution in [-0.2, 0) is 6.42 Å². The number of hydrogen-bond acceptors (Lipinski definition) is 3. The minimum atomic E-state index is -4.73. The molecule has 1 saturated heterocycles. The summed E-state index contributed by atoms with van der Waals surface area (Å²) >= 11 is 0. The van der Waals surface area contributed by atoms with Crippen LogP contribution in [0.5, 0.6) is 5.75 Å². The zero-order valence-corrected chi connectivity index (χ0v) is 15.2. The van der Waals surface area contributed by atoms with Crippen molar-refractivity contribution in [1.29, 1.82) is 0 Å². The van der Waals surface area contributed by atoms with Gasteiger partial charge in [0.1, 0.15) is 5.75 Å². The van der Waals surface area contributed by atoms with Crippen molar-refractivity contribution in [2.24, 2.45) is 4.99 Å². The maximum absolute atomic E-state index is 12.4. The second-order valence-electron chi connectivity index (χ2n) is 6.42. The molecule has 0 amide bonds. The van der Waals surface area contributed by atoms with E-state index in [9.17, 15) is 26.3 Å². The number of nitrogens with one attached hydrogen (secondary N) is 2. The molecule has 2 N–H and O–H groups in total. The fraction of sp³-hybridized carbons (Fsp3) is 0.588. The normalized spacial score (nSPS) is 19.0. The summed E-state index contributed by atoms with van der Waals surface area (Å²) in [6.07, 6.45) is -7.83. The van der Waals surface area contributed by atoms with Crippen molar-refractivity contribution in [1.82, 2.24) is 15.5 Å². The largest absolute Gasteiger partial charge is 0.573 e. The number of aliphatic imine (C=N–C) groups is 1. The number of likely N-dealkylation sites (tertiary alicyclic amines) is 1. The average molecular weight is 412 g/mol. The number of hydrogen-bond donors (Lipinski definition) is 2. The first-order valence-corrected chi connectivity index (χ1v) is 8.65. The topological polar surface area (TPSA) is 48.9 Å². The number of rotatable bonds is 6. The van der Waals surface area contributed by atoms with Crippen LogP contribution in [0.25, 0.3) is 0 Å². The van der Waals surface area contributed by atoms with Gasteiger partial charge in [0.15, 0.2) is 5.96 Å². The molecule has 0 aromatic heterocycles. The van der Waals surface area contributed by atoms with Crippen molar-refractivity contribution >= 4 is 5.96 Å². The molecule has 0 spiro atoms. The second-order valence-corrected chi connectivity index (χ2v) is 6.42. The van der Waals surface area contributed by atoms with Crippen LogP contribution in [0.3, 0.4) is 0 Å². The monoisotopic (exact) mass is 412 g/mol. The van der Waals surface area contributed by atoms with Gasteiger partial charge in [-0.1, -0.05) is 12.1 Å². The van der Waals surface area contributed by atoms with Gasteiger partial charge in [-0.3, -0.25) is 9.89 Å². The molecule has 11 heteroatoms. The van der Waals surface area contributed by atoms with Crippen molar-refractivity contribution in [3.8, 4) is 5.75 Å². The number of benzene rings is 1. The lowest BCUT2D eigenvalue weighted by Crippen LogP contribution is -2.45. The average Bonchev–Trinajstić information content (AvgIpc) is 2.99. The van der Waals surface area contributed by atoms with Crippen molar-refractivity contribution in [3.05, 3.63) is 29.8 Å². The van der Waals surface area contributed by atoms with Crippen molar-refractivity contribution in [3.63, 3.8) is 0 Å². The standard InChI is InChI=1S/C17H22F6N4O/c1-24-15(26-13-7-9-27(10-13)11-16(18,19)20)25-8-6-12-2-4-14(5-3-12)28-17(21,22)23/h2-5,13H,6-11H2,1H3,(H2,24,25,26). The molecule has 5 nitrogen and oxygen atoms in total. The van der Waals surface area contributed by atoms with Crippen LogP contribution in [-0.4, -0.2) is 62.7 Å². The van der Waals surface area contributed by atoms with Crippen molar-refractivity contribution in [2.45, 2.75) is 31.4 Å². The van der Waals surface area contributed by atoms with E-state index in [0.29, 0.717) is 31.9 Å². The first-order chi connectivity index (χ1) is 13.0. The van der Waals surface area contributed by atoms with E-state index in [1.807, 2.05) is 0 Å². The van der Waals surface area contributed by atoms with Crippen LogP contribution in [0.2, 0.25) is 0 Å². The summed E-state index contributed by atoms with van der Waals surface area (Å²) in [5.74, 6) is 0.183. The first-order valence-electron chi connectivity index (χ1n) is 8.65. The van der Waals surface area contributed by atoms with Gasteiger partial charge in [-0.15, -0.1) is 13.2 Å². The number of alkyl halides is 6. The van der Waals surface area contributed by atoms with Gasteiger partial charge in [-0.2, -0.15) is 13.2 Å². The highest BCUT2D eigenvalue weighted by Crippen LogP contribution is 2.23. The van der Waals surface area contributed by atoms with E-state index < -0.39 is 19.1 Å². The summed E-state index contributed by atoms with van der Waals surface area (Å²) in [5, 5.41) is 6.14. The number of ether oxygens (including phenoxy) is 1. The van der Waals surface area contributed by atoms with Gasteiger partial charge in [0.05, 0.1) is 6.54 Å². The molecule has 1 heterocycles. The van der Waals surface area contributed by atoms with E-state index >= 15 is 0 Å². The predicted octanol–water partition coefficient (Wildman–Crippen LogP) is 2.93. The van der Waals surface area contributed by atoms with Gasteiger partial charge < -0.3 is 15.4 Å². The van der Waals surface area contributed by atoms with Crippen LogP contribution in [0.1, 0.15) is 12.0 Å². The van der Waals surface area contributed by atoms with Gasteiger partial charge >= 0.3 is 12.5 Å². The lowest BCUT2D eigenvalue weighted by atomic mass is 10.1. The first kappa shape index (κ1) is 22.1. The smallest absolute Gasteiger partial charge is 0.406 e. The van der Waals surface area contributed by atoms with E-state index in [1.54, 1.807) is 7.05 Å². The van der Waals surface area contributed by atoms with Gasteiger partial charge in [-0.05, 0) is 30.5 Å². The van der Waals surface area contributed by atoms with E-state index in [2.05, 4.69) is 20.4 Å². The molecule has 158 valence electrons. The minimum absolute atomic E-state index is 0.132. The summed E-state index contributed by atoms with van der Waals surface area (Å²) in [4.78, 5) is 5.39. The van der Waals surface area contributed by atoms with Gasteiger partial charge in [0.2, 0.25) is 0 Å². The Kier molecular flexibility index (Phi) is 7.39. The van der Waals surface area contributed by atoms with Gasteiger partial charge in [0.25, 0.3) is 0 Å². The summed E-state index contributed by atoms with van der Waals surface area (Å²) < 4.78 is 77.5. The van der Waals surface area contributed by atoms with Crippen LogP contribution in [0, 0.1) is 0 Å².